The van der Waals surface area contributed by atoms with Gasteiger partial charge in [-0.2, -0.15) is 0 Å². The van der Waals surface area contributed by atoms with Gasteiger partial charge in [0.25, 0.3) is 5.91 Å². The number of hydrogen-bond donors (Lipinski definition) is 0. The number of amides is 2. The van der Waals surface area contributed by atoms with Gasteiger partial charge in [-0.15, -0.1) is 0 Å². The summed E-state index contributed by atoms with van der Waals surface area (Å²) in [6, 6.07) is 9.80. The van der Waals surface area contributed by atoms with Crippen molar-refractivity contribution in [2.24, 2.45) is 0 Å². The fraction of sp³-hybridized carbons (Fsp3) is 0.273. The quantitative estimate of drug-likeness (QED) is 0.526. The second-order valence-electron chi connectivity index (χ2n) is 7.21. The molecular weight excluding hydrogens is 421 g/mol. The first-order chi connectivity index (χ1) is 14.5. The molecule has 2 fully saturated rings. The lowest BCUT2D eigenvalue weighted by Crippen LogP contribution is -2.45. The number of thiocarbonyl (C=S) groups is 1. The van der Waals surface area contributed by atoms with Crippen LogP contribution in [0.25, 0.3) is 6.08 Å². The zero-order valence-corrected chi connectivity index (χ0v) is 17.8. The predicted molar refractivity (Wildman–Crippen MR) is 119 cm³/mol. The fourth-order valence-corrected chi connectivity index (χ4v) is 5.01. The zero-order valence-electron chi connectivity index (χ0n) is 16.2. The normalized spacial score (nSPS) is 20.8. The van der Waals surface area contributed by atoms with Gasteiger partial charge in [0.1, 0.15) is 16.7 Å². The Morgan fingerprint density at radius 2 is 2.17 bits per heavy atom. The van der Waals surface area contributed by atoms with Gasteiger partial charge in [-0.1, -0.05) is 42.2 Å². The number of thioether (sulfide) groups is 1. The van der Waals surface area contributed by atoms with Crippen molar-refractivity contribution in [3.05, 3.63) is 70.6 Å². The van der Waals surface area contributed by atoms with Crippen LogP contribution in [0.5, 0.6) is 0 Å². The Labute approximate surface area is 184 Å². The molecule has 4 rings (SSSR count). The van der Waals surface area contributed by atoms with E-state index in [9.17, 15) is 14.0 Å². The molecule has 1 aromatic heterocycles. The Kier molecular flexibility index (Phi) is 6.24. The second-order valence-corrected chi connectivity index (χ2v) is 8.88. The third kappa shape index (κ3) is 4.44. The summed E-state index contributed by atoms with van der Waals surface area (Å²) >= 11 is 6.49. The van der Waals surface area contributed by atoms with Crippen molar-refractivity contribution in [2.45, 2.75) is 25.3 Å². The molecule has 2 aliphatic heterocycles. The van der Waals surface area contributed by atoms with Crippen LogP contribution in [0.2, 0.25) is 0 Å². The third-order valence-corrected chi connectivity index (χ3v) is 6.58. The first kappa shape index (κ1) is 20.7. The average Bonchev–Trinajstić information content (AvgIpc) is 3.01. The molecule has 154 valence electrons. The molecule has 0 bridgehead atoms. The van der Waals surface area contributed by atoms with E-state index in [1.807, 2.05) is 17.0 Å². The van der Waals surface area contributed by atoms with E-state index in [0.717, 1.165) is 36.6 Å². The molecule has 30 heavy (non-hydrogen) atoms. The highest BCUT2D eigenvalue weighted by Gasteiger charge is 2.36. The van der Waals surface area contributed by atoms with E-state index in [4.69, 9.17) is 12.2 Å². The molecule has 1 unspecified atom stereocenters. The van der Waals surface area contributed by atoms with Crippen LogP contribution in [0.1, 0.15) is 36.4 Å². The molecule has 8 heteroatoms. The molecular formula is C22H20FN3O2S2. The van der Waals surface area contributed by atoms with E-state index in [2.05, 4.69) is 4.98 Å². The van der Waals surface area contributed by atoms with Crippen LogP contribution in [-0.2, 0) is 9.59 Å². The van der Waals surface area contributed by atoms with E-state index in [1.54, 1.807) is 30.6 Å². The van der Waals surface area contributed by atoms with E-state index in [0.29, 0.717) is 21.3 Å². The Bertz CT molecular complexity index is 1010. The monoisotopic (exact) mass is 441 g/mol. The molecule has 2 saturated heterocycles. The van der Waals surface area contributed by atoms with E-state index < -0.39 is 0 Å². The lowest BCUT2D eigenvalue weighted by molar-refractivity contribution is -0.138. The fourth-order valence-electron chi connectivity index (χ4n) is 3.76. The summed E-state index contributed by atoms with van der Waals surface area (Å²) < 4.78 is 13.8. The number of likely N-dealkylation sites (tertiary alicyclic amines) is 1. The van der Waals surface area contributed by atoms with Crippen molar-refractivity contribution < 1.29 is 14.0 Å². The summed E-state index contributed by atoms with van der Waals surface area (Å²) in [5, 5.41) is 0. The first-order valence-corrected chi connectivity index (χ1v) is 11.0. The van der Waals surface area contributed by atoms with Gasteiger partial charge in [0, 0.05) is 18.9 Å². The van der Waals surface area contributed by atoms with Gasteiger partial charge in [0.15, 0.2) is 0 Å². The van der Waals surface area contributed by atoms with Gasteiger partial charge < -0.3 is 4.90 Å². The largest absolute Gasteiger partial charge is 0.334 e. The number of piperidine rings is 1. The van der Waals surface area contributed by atoms with Crippen molar-refractivity contribution in [3.63, 3.8) is 0 Å². The lowest BCUT2D eigenvalue weighted by Gasteiger charge is -2.36. The van der Waals surface area contributed by atoms with E-state index >= 15 is 0 Å². The lowest BCUT2D eigenvalue weighted by atomic mass is 9.96. The minimum Gasteiger partial charge on any atom is -0.334 e. The standard InChI is InChI=1S/C22H20FN3O2S2/c23-17-7-3-5-15(11-17)12-19-21(28)26(22(29)30-19)14-20(27)25-10-2-1-8-18(25)16-6-4-9-24-13-16/h3-7,9,11-13,18H,1-2,8,10,14H2/b19-12-. The Hall–Kier alpha value is -2.58. The number of benzene rings is 1. The number of halogens is 1. The number of aromatic nitrogens is 1. The van der Waals surface area contributed by atoms with Gasteiger partial charge in [0.2, 0.25) is 5.91 Å². The van der Waals surface area contributed by atoms with Crippen LogP contribution >= 0.6 is 24.0 Å². The van der Waals surface area contributed by atoms with Gasteiger partial charge in [-0.3, -0.25) is 19.5 Å². The van der Waals surface area contributed by atoms with Gasteiger partial charge in [-0.05, 0) is 54.7 Å². The smallest absolute Gasteiger partial charge is 0.266 e. The number of nitrogens with zero attached hydrogens (tertiary/aromatic N) is 3. The molecule has 0 radical (unpaired) electrons. The zero-order chi connectivity index (χ0) is 21.1. The number of hydrogen-bond acceptors (Lipinski definition) is 5. The molecule has 1 atom stereocenters. The number of pyridine rings is 1. The molecule has 0 aliphatic carbocycles. The van der Waals surface area contributed by atoms with Crippen LogP contribution in [0, 0.1) is 5.82 Å². The third-order valence-electron chi connectivity index (χ3n) is 5.21. The molecule has 1 aromatic carbocycles. The highest BCUT2D eigenvalue weighted by atomic mass is 32.2. The summed E-state index contributed by atoms with van der Waals surface area (Å²) in [5.41, 5.74) is 1.58. The molecule has 0 N–H and O–H groups in total. The van der Waals surface area contributed by atoms with Crippen molar-refractivity contribution in [1.29, 1.82) is 0 Å². The van der Waals surface area contributed by atoms with Crippen molar-refractivity contribution in [2.75, 3.05) is 13.1 Å². The van der Waals surface area contributed by atoms with Crippen molar-refractivity contribution in [1.82, 2.24) is 14.8 Å². The molecule has 0 saturated carbocycles. The first-order valence-electron chi connectivity index (χ1n) is 9.73. The maximum atomic E-state index is 13.4. The van der Waals surface area contributed by atoms with E-state index in [1.165, 1.54) is 17.0 Å². The van der Waals surface area contributed by atoms with Gasteiger partial charge >= 0.3 is 0 Å². The molecule has 2 aromatic rings. The molecule has 2 amide bonds. The SMILES string of the molecule is O=C1/C(=C/c2cccc(F)c2)SC(=S)N1CC(=O)N1CCCCC1c1cccnc1. The Morgan fingerprint density at radius 3 is 2.93 bits per heavy atom. The van der Waals surface area contributed by atoms with Gasteiger partial charge in [0.05, 0.1) is 10.9 Å². The summed E-state index contributed by atoms with van der Waals surface area (Å²) in [6.45, 7) is 0.550. The van der Waals surface area contributed by atoms with Crippen LogP contribution in [-0.4, -0.2) is 44.0 Å². The highest BCUT2D eigenvalue weighted by molar-refractivity contribution is 8.26. The minimum atomic E-state index is -0.374. The van der Waals surface area contributed by atoms with Gasteiger partial charge in [-0.25, -0.2) is 4.39 Å². The van der Waals surface area contributed by atoms with E-state index in [-0.39, 0.29) is 30.2 Å². The number of carbonyl (C=O) groups excluding carboxylic acids is 2. The average molecular weight is 442 g/mol. The van der Waals surface area contributed by atoms with Crippen LogP contribution in [0.15, 0.2) is 53.7 Å². The Balaban J connectivity index is 1.49. The van der Waals surface area contributed by atoms with Crippen molar-refractivity contribution in [3.8, 4) is 0 Å². The maximum absolute atomic E-state index is 13.4. The number of carbonyl (C=O) groups is 2. The van der Waals surface area contributed by atoms with Crippen LogP contribution in [0.3, 0.4) is 0 Å². The molecule has 2 aliphatic rings. The van der Waals surface area contributed by atoms with Crippen LogP contribution < -0.4 is 0 Å². The highest BCUT2D eigenvalue weighted by Crippen LogP contribution is 2.34. The Morgan fingerprint density at radius 1 is 1.30 bits per heavy atom. The topological polar surface area (TPSA) is 53.5 Å². The molecule has 3 heterocycles. The summed E-state index contributed by atoms with van der Waals surface area (Å²) in [5.74, 6) is -0.828. The maximum Gasteiger partial charge on any atom is 0.266 e. The number of rotatable bonds is 4. The molecule has 5 nitrogen and oxygen atoms in total. The predicted octanol–water partition coefficient (Wildman–Crippen LogP) is 4.18. The minimum absolute atomic E-state index is 0.0406. The summed E-state index contributed by atoms with van der Waals surface area (Å²) in [7, 11) is 0. The van der Waals surface area contributed by atoms with Crippen LogP contribution in [0.4, 0.5) is 4.39 Å². The summed E-state index contributed by atoms with van der Waals surface area (Å²) in [6.07, 6.45) is 7.95. The molecule has 0 spiro atoms. The van der Waals surface area contributed by atoms with Crippen molar-refractivity contribution >= 4 is 46.2 Å². The second kappa shape index (κ2) is 9.06. The summed E-state index contributed by atoms with van der Waals surface area (Å²) in [4.78, 5) is 33.7.